The van der Waals surface area contributed by atoms with Gasteiger partial charge < -0.3 is 19.6 Å². The molecule has 0 spiro atoms. The zero-order valence-electron chi connectivity index (χ0n) is 15.6. The number of rotatable bonds is 7. The number of nitrogens with one attached hydrogen (secondary N) is 1. The predicted molar refractivity (Wildman–Crippen MR) is 97.8 cm³/mol. The minimum atomic E-state index is -1.05. The lowest BCUT2D eigenvalue weighted by Crippen LogP contribution is -2.29. The summed E-state index contributed by atoms with van der Waals surface area (Å²) in [5.41, 5.74) is 1.94. The van der Waals surface area contributed by atoms with E-state index >= 15 is 0 Å². The highest BCUT2D eigenvalue weighted by Gasteiger charge is 2.21. The van der Waals surface area contributed by atoms with Crippen LogP contribution in [0, 0.1) is 6.92 Å². The Morgan fingerprint density at radius 1 is 1.23 bits per heavy atom. The second-order valence-electron chi connectivity index (χ2n) is 7.14. The van der Waals surface area contributed by atoms with Gasteiger partial charge in [-0.3, -0.25) is 9.59 Å². The number of carbonyl (C=O) groups excluding carboxylic acids is 1. The van der Waals surface area contributed by atoms with Crippen molar-refractivity contribution < 1.29 is 23.8 Å². The fourth-order valence-electron chi connectivity index (χ4n) is 2.70. The van der Waals surface area contributed by atoms with Crippen molar-refractivity contribution in [2.24, 2.45) is 0 Å². The Labute approximate surface area is 153 Å². The van der Waals surface area contributed by atoms with Gasteiger partial charge in [0.1, 0.15) is 24.5 Å². The van der Waals surface area contributed by atoms with Gasteiger partial charge in [-0.1, -0.05) is 39.0 Å². The number of amides is 1. The van der Waals surface area contributed by atoms with Crippen LogP contribution in [0.4, 0.5) is 0 Å². The predicted octanol–water partition coefficient (Wildman–Crippen LogP) is 3.32. The smallest absolute Gasteiger partial charge is 0.311 e. The van der Waals surface area contributed by atoms with E-state index < -0.39 is 5.97 Å². The van der Waals surface area contributed by atoms with E-state index in [2.05, 4.69) is 26.1 Å². The molecule has 2 rings (SSSR count). The molecule has 0 saturated carbocycles. The van der Waals surface area contributed by atoms with Crippen LogP contribution in [0.5, 0.6) is 5.75 Å². The van der Waals surface area contributed by atoms with E-state index in [9.17, 15) is 9.59 Å². The van der Waals surface area contributed by atoms with Gasteiger partial charge in [0.25, 0.3) is 5.91 Å². The molecule has 6 nitrogen and oxygen atoms in total. The summed E-state index contributed by atoms with van der Waals surface area (Å²) in [5, 5.41) is 11.7. The summed E-state index contributed by atoms with van der Waals surface area (Å²) in [7, 11) is 0. The second kappa shape index (κ2) is 8.08. The van der Waals surface area contributed by atoms with E-state index in [1.54, 1.807) is 6.92 Å². The van der Waals surface area contributed by atoms with E-state index in [0.717, 1.165) is 11.3 Å². The Morgan fingerprint density at radius 3 is 2.58 bits per heavy atom. The number of furan rings is 1. The second-order valence-corrected chi connectivity index (χ2v) is 7.14. The number of hydrogen-bond donors (Lipinski definition) is 2. The van der Waals surface area contributed by atoms with Crippen molar-refractivity contribution in [2.45, 2.75) is 39.5 Å². The molecule has 0 fully saturated rings. The molecule has 0 atom stereocenters. The van der Waals surface area contributed by atoms with E-state index in [4.69, 9.17) is 14.3 Å². The molecule has 140 valence electrons. The van der Waals surface area contributed by atoms with Crippen LogP contribution in [0.25, 0.3) is 0 Å². The highest BCUT2D eigenvalue weighted by Crippen LogP contribution is 2.30. The lowest BCUT2D eigenvalue weighted by molar-refractivity contribution is -0.136. The van der Waals surface area contributed by atoms with E-state index in [-0.39, 0.29) is 29.1 Å². The van der Waals surface area contributed by atoms with Gasteiger partial charge in [0, 0.05) is 5.56 Å². The van der Waals surface area contributed by atoms with Gasteiger partial charge in [-0.05, 0) is 24.0 Å². The number of carboxylic acid groups (broad SMARTS) is 1. The van der Waals surface area contributed by atoms with E-state index in [0.29, 0.717) is 18.7 Å². The Morgan fingerprint density at radius 2 is 1.92 bits per heavy atom. The van der Waals surface area contributed by atoms with Crippen LogP contribution in [0.3, 0.4) is 0 Å². The molecule has 1 aromatic heterocycles. The van der Waals surface area contributed by atoms with Crippen molar-refractivity contribution in [3.8, 4) is 5.75 Å². The molecule has 0 aliphatic carbocycles. The van der Waals surface area contributed by atoms with Crippen LogP contribution < -0.4 is 10.1 Å². The lowest BCUT2D eigenvalue weighted by Gasteiger charge is -2.22. The standard InChI is InChI=1S/C20H25NO5/c1-13-12-26-16(11-17(22)23)18(13)19(24)21-9-10-25-15-8-6-5-7-14(15)20(2,3)4/h5-8,12H,9-11H2,1-4H3,(H,21,24)(H,22,23). The summed E-state index contributed by atoms with van der Waals surface area (Å²) in [6.45, 7) is 8.66. The average molecular weight is 359 g/mol. The van der Waals surface area contributed by atoms with Crippen LogP contribution in [0.2, 0.25) is 0 Å². The molecule has 26 heavy (non-hydrogen) atoms. The molecular weight excluding hydrogens is 334 g/mol. The minimum absolute atomic E-state index is 0.0422. The Hall–Kier alpha value is -2.76. The molecule has 0 saturated heterocycles. The molecule has 0 unspecified atom stereocenters. The summed E-state index contributed by atoms with van der Waals surface area (Å²) < 4.78 is 11.0. The van der Waals surface area contributed by atoms with Gasteiger partial charge in [0.2, 0.25) is 0 Å². The van der Waals surface area contributed by atoms with Crippen molar-refractivity contribution in [3.05, 3.63) is 53.0 Å². The molecule has 0 aliphatic rings. The third-order valence-electron chi connectivity index (χ3n) is 3.93. The summed E-state index contributed by atoms with van der Waals surface area (Å²) in [6.07, 6.45) is 1.06. The number of benzene rings is 1. The molecular formula is C20H25NO5. The summed E-state index contributed by atoms with van der Waals surface area (Å²) in [5.74, 6) is -0.456. The van der Waals surface area contributed by atoms with Crippen molar-refractivity contribution in [3.63, 3.8) is 0 Å². The Balaban J connectivity index is 1.95. The highest BCUT2D eigenvalue weighted by molar-refractivity contribution is 5.97. The zero-order valence-corrected chi connectivity index (χ0v) is 15.6. The van der Waals surface area contributed by atoms with Gasteiger partial charge in [-0.15, -0.1) is 0 Å². The van der Waals surface area contributed by atoms with Crippen LogP contribution in [0.15, 0.2) is 34.9 Å². The number of hydrogen-bond acceptors (Lipinski definition) is 4. The van der Waals surface area contributed by atoms with Gasteiger partial charge in [-0.2, -0.15) is 0 Å². The maximum absolute atomic E-state index is 12.3. The number of aryl methyl sites for hydroxylation is 1. The van der Waals surface area contributed by atoms with Crippen molar-refractivity contribution in [1.82, 2.24) is 5.32 Å². The van der Waals surface area contributed by atoms with Crippen molar-refractivity contribution in [2.75, 3.05) is 13.2 Å². The lowest BCUT2D eigenvalue weighted by atomic mass is 9.86. The third kappa shape index (κ3) is 4.88. The topological polar surface area (TPSA) is 88.8 Å². The summed E-state index contributed by atoms with van der Waals surface area (Å²) in [4.78, 5) is 23.2. The van der Waals surface area contributed by atoms with Crippen molar-refractivity contribution in [1.29, 1.82) is 0 Å². The van der Waals surface area contributed by atoms with Crippen molar-refractivity contribution >= 4 is 11.9 Å². The molecule has 6 heteroatoms. The Kier molecular flexibility index (Phi) is 6.08. The third-order valence-corrected chi connectivity index (χ3v) is 3.93. The molecule has 1 amide bonds. The van der Waals surface area contributed by atoms with E-state index in [1.165, 1.54) is 6.26 Å². The van der Waals surface area contributed by atoms with Crippen LogP contribution in [0.1, 0.15) is 48.0 Å². The van der Waals surface area contributed by atoms with Gasteiger partial charge in [0.15, 0.2) is 0 Å². The number of para-hydroxylation sites is 1. The summed E-state index contributed by atoms with van der Waals surface area (Å²) >= 11 is 0. The molecule has 2 N–H and O–H groups in total. The first-order valence-electron chi connectivity index (χ1n) is 8.49. The molecule has 0 bridgehead atoms. The fraction of sp³-hybridized carbons (Fsp3) is 0.400. The summed E-state index contributed by atoms with van der Waals surface area (Å²) in [6, 6.07) is 7.82. The number of carboxylic acids is 1. The molecule has 1 heterocycles. The SMILES string of the molecule is Cc1coc(CC(=O)O)c1C(=O)NCCOc1ccccc1C(C)(C)C. The molecule has 0 aliphatic heterocycles. The number of ether oxygens (including phenoxy) is 1. The van der Waals surface area contributed by atoms with Crippen LogP contribution in [-0.2, 0) is 16.6 Å². The van der Waals surface area contributed by atoms with Gasteiger partial charge in [-0.25, -0.2) is 0 Å². The first kappa shape index (κ1) is 19.6. The monoisotopic (exact) mass is 359 g/mol. The minimum Gasteiger partial charge on any atom is -0.491 e. The number of carbonyl (C=O) groups is 2. The van der Waals surface area contributed by atoms with Gasteiger partial charge >= 0.3 is 5.97 Å². The van der Waals surface area contributed by atoms with Crippen LogP contribution >= 0.6 is 0 Å². The fourth-order valence-corrected chi connectivity index (χ4v) is 2.70. The van der Waals surface area contributed by atoms with Gasteiger partial charge in [0.05, 0.1) is 18.4 Å². The first-order valence-corrected chi connectivity index (χ1v) is 8.49. The average Bonchev–Trinajstić information content (AvgIpc) is 2.90. The normalized spacial score (nSPS) is 11.2. The highest BCUT2D eigenvalue weighted by atomic mass is 16.5. The quantitative estimate of drug-likeness (QED) is 0.740. The molecule has 0 radical (unpaired) electrons. The maximum Gasteiger partial charge on any atom is 0.311 e. The largest absolute Gasteiger partial charge is 0.491 e. The zero-order chi connectivity index (χ0) is 19.3. The van der Waals surface area contributed by atoms with Crippen LogP contribution in [-0.4, -0.2) is 30.1 Å². The first-order chi connectivity index (χ1) is 12.2. The Bertz CT molecular complexity index is 786. The number of aliphatic carboxylic acids is 1. The molecule has 2 aromatic rings. The molecule has 1 aromatic carbocycles. The maximum atomic E-state index is 12.3. The van der Waals surface area contributed by atoms with E-state index in [1.807, 2.05) is 24.3 Å².